The molecule has 8 heteroatoms. The average molecular weight is 597 g/mol. The van der Waals surface area contributed by atoms with E-state index in [9.17, 15) is 4.79 Å². The molecule has 0 unspecified atom stereocenters. The second-order valence-electron chi connectivity index (χ2n) is 12.3. The standard InChI is InChI=1S/C35H40N4O3S/c1-35(2,3)42-34(40)38-20-16-28(17-21-38)41-27-14-12-25(13-15-27)9-8-19-39-24-29(26-10-6-5-7-11-26)36-33(39)31-23-32-30(37(31)4)18-22-43-32/h5-7,10-15,18,22-24,28H,8-9,16-17,19-21H2,1-4H3. The summed E-state index contributed by atoms with van der Waals surface area (Å²) in [5.74, 6) is 1.89. The van der Waals surface area contributed by atoms with E-state index in [0.717, 1.165) is 60.8 Å². The third-order valence-electron chi connectivity index (χ3n) is 7.92. The monoisotopic (exact) mass is 596 g/mol. The Morgan fingerprint density at radius 1 is 1.02 bits per heavy atom. The lowest BCUT2D eigenvalue weighted by atomic mass is 10.1. The van der Waals surface area contributed by atoms with E-state index in [4.69, 9.17) is 14.5 Å². The fourth-order valence-corrected chi connectivity index (χ4v) is 6.52. The summed E-state index contributed by atoms with van der Waals surface area (Å²) in [4.78, 5) is 19.2. The summed E-state index contributed by atoms with van der Waals surface area (Å²) in [5.41, 5.74) is 5.32. The Hall–Kier alpha value is -4.04. The lowest BCUT2D eigenvalue weighted by Gasteiger charge is -2.33. The van der Waals surface area contributed by atoms with Gasteiger partial charge < -0.3 is 23.5 Å². The lowest BCUT2D eigenvalue weighted by Crippen LogP contribution is -2.44. The third kappa shape index (κ3) is 6.80. The zero-order valence-electron chi connectivity index (χ0n) is 25.5. The molecule has 0 radical (unpaired) electrons. The third-order valence-corrected chi connectivity index (χ3v) is 8.78. The number of rotatable bonds is 8. The zero-order valence-corrected chi connectivity index (χ0v) is 26.3. The predicted molar refractivity (Wildman–Crippen MR) is 174 cm³/mol. The molecule has 0 aliphatic carbocycles. The Labute approximate surface area is 257 Å². The number of hydrogen-bond donors (Lipinski definition) is 0. The van der Waals surface area contributed by atoms with Crippen molar-refractivity contribution in [3.05, 3.63) is 83.9 Å². The highest BCUT2D eigenvalue weighted by Crippen LogP contribution is 2.32. The first-order chi connectivity index (χ1) is 20.7. The van der Waals surface area contributed by atoms with Gasteiger partial charge in [0.05, 0.1) is 21.6 Å². The van der Waals surface area contributed by atoms with Crippen LogP contribution in [-0.2, 0) is 24.8 Å². The van der Waals surface area contributed by atoms with Crippen LogP contribution >= 0.6 is 11.3 Å². The fourth-order valence-electron chi connectivity index (χ4n) is 5.67. The minimum Gasteiger partial charge on any atom is -0.490 e. The van der Waals surface area contributed by atoms with Gasteiger partial charge in [0, 0.05) is 51.3 Å². The summed E-state index contributed by atoms with van der Waals surface area (Å²) in [6, 6.07) is 23.3. The molecule has 1 aliphatic heterocycles. The second kappa shape index (κ2) is 12.3. The first-order valence-corrected chi connectivity index (χ1v) is 16.0. The quantitative estimate of drug-likeness (QED) is 0.181. The van der Waals surface area contributed by atoms with Gasteiger partial charge >= 0.3 is 6.09 Å². The first-order valence-electron chi connectivity index (χ1n) is 15.1. The molecule has 1 aliphatic rings. The molecule has 0 saturated carbocycles. The van der Waals surface area contributed by atoms with Crippen LogP contribution < -0.4 is 4.74 Å². The molecule has 7 nitrogen and oxygen atoms in total. The maximum absolute atomic E-state index is 12.3. The van der Waals surface area contributed by atoms with Crippen LogP contribution in [0.1, 0.15) is 45.6 Å². The van der Waals surface area contributed by atoms with Crippen LogP contribution in [0.4, 0.5) is 4.79 Å². The highest BCUT2D eigenvalue weighted by atomic mass is 32.1. The van der Waals surface area contributed by atoms with Crippen LogP contribution in [0.15, 0.2) is 78.3 Å². The van der Waals surface area contributed by atoms with Gasteiger partial charge in [0.25, 0.3) is 0 Å². The van der Waals surface area contributed by atoms with Crippen molar-refractivity contribution in [2.24, 2.45) is 7.05 Å². The molecule has 0 bridgehead atoms. The number of hydrogen-bond acceptors (Lipinski definition) is 5. The topological polar surface area (TPSA) is 61.5 Å². The second-order valence-corrected chi connectivity index (χ2v) is 13.2. The summed E-state index contributed by atoms with van der Waals surface area (Å²) in [7, 11) is 2.12. The number of ether oxygens (including phenoxy) is 2. The van der Waals surface area contributed by atoms with Crippen LogP contribution in [0.3, 0.4) is 0 Å². The highest BCUT2D eigenvalue weighted by molar-refractivity contribution is 7.17. The fraction of sp³-hybridized carbons (Fsp3) is 0.371. The van der Waals surface area contributed by atoms with Crippen molar-refractivity contribution in [3.8, 4) is 28.5 Å². The molecule has 4 heterocycles. The number of aryl methyl sites for hydroxylation is 3. The van der Waals surface area contributed by atoms with Gasteiger partial charge in [-0.2, -0.15) is 0 Å². The van der Waals surface area contributed by atoms with E-state index < -0.39 is 5.60 Å². The number of carbonyl (C=O) groups is 1. The maximum Gasteiger partial charge on any atom is 0.410 e. The molecule has 2 aromatic carbocycles. The molecular weight excluding hydrogens is 556 g/mol. The number of nitrogens with zero attached hydrogens (tertiary/aromatic N) is 4. The van der Waals surface area contributed by atoms with Crippen LogP contribution in [0.25, 0.3) is 33.0 Å². The summed E-state index contributed by atoms with van der Waals surface area (Å²) >= 11 is 1.77. The number of imidazole rings is 1. The summed E-state index contributed by atoms with van der Waals surface area (Å²) in [5, 5.41) is 2.14. The summed E-state index contributed by atoms with van der Waals surface area (Å²) < 4.78 is 17.6. The van der Waals surface area contributed by atoms with Crippen molar-refractivity contribution < 1.29 is 14.3 Å². The molecule has 3 aromatic heterocycles. The van der Waals surface area contributed by atoms with Crippen molar-refractivity contribution in [1.29, 1.82) is 0 Å². The van der Waals surface area contributed by atoms with E-state index in [0.29, 0.717) is 13.1 Å². The molecule has 0 N–H and O–H groups in total. The molecule has 224 valence electrons. The largest absolute Gasteiger partial charge is 0.490 e. The van der Waals surface area contributed by atoms with E-state index in [1.165, 1.54) is 15.8 Å². The van der Waals surface area contributed by atoms with E-state index in [1.54, 1.807) is 16.2 Å². The molecule has 1 fully saturated rings. The van der Waals surface area contributed by atoms with E-state index in [2.05, 4.69) is 88.4 Å². The van der Waals surface area contributed by atoms with Crippen LogP contribution in [0.2, 0.25) is 0 Å². The van der Waals surface area contributed by atoms with Gasteiger partial charge in [0.1, 0.15) is 17.5 Å². The number of amides is 1. The number of likely N-dealkylation sites (tertiary alicyclic amines) is 1. The number of thiophene rings is 1. The summed E-state index contributed by atoms with van der Waals surface area (Å²) in [6.07, 6.45) is 5.64. The first kappa shape index (κ1) is 29.1. The highest BCUT2D eigenvalue weighted by Gasteiger charge is 2.27. The minimum atomic E-state index is -0.475. The van der Waals surface area contributed by atoms with Gasteiger partial charge in [-0.15, -0.1) is 11.3 Å². The van der Waals surface area contributed by atoms with Crippen molar-refractivity contribution >= 4 is 27.6 Å². The predicted octanol–water partition coefficient (Wildman–Crippen LogP) is 8.18. The van der Waals surface area contributed by atoms with Gasteiger partial charge in [-0.05, 0) is 68.8 Å². The van der Waals surface area contributed by atoms with Crippen LogP contribution in [0, 0.1) is 0 Å². The Morgan fingerprint density at radius 3 is 2.47 bits per heavy atom. The van der Waals surface area contributed by atoms with Crippen molar-refractivity contribution in [2.45, 2.75) is 64.7 Å². The maximum atomic E-state index is 12.3. The number of benzene rings is 2. The van der Waals surface area contributed by atoms with Gasteiger partial charge in [0.15, 0.2) is 5.82 Å². The smallest absolute Gasteiger partial charge is 0.410 e. The molecule has 0 atom stereocenters. The van der Waals surface area contributed by atoms with Crippen molar-refractivity contribution in [3.63, 3.8) is 0 Å². The number of aromatic nitrogens is 3. The molecule has 1 saturated heterocycles. The molecule has 43 heavy (non-hydrogen) atoms. The minimum absolute atomic E-state index is 0.107. The SMILES string of the molecule is Cn1c(-c2nc(-c3ccccc3)cn2CCCc2ccc(OC3CCN(C(=O)OC(C)(C)C)CC3)cc2)cc2sccc21. The van der Waals surface area contributed by atoms with E-state index >= 15 is 0 Å². The average Bonchev–Trinajstić information content (AvgIpc) is 3.70. The van der Waals surface area contributed by atoms with Crippen molar-refractivity contribution in [1.82, 2.24) is 19.0 Å². The van der Waals surface area contributed by atoms with Gasteiger partial charge in [0.2, 0.25) is 0 Å². The Bertz CT molecular complexity index is 1670. The molecular formula is C35H40N4O3S. The van der Waals surface area contributed by atoms with Gasteiger partial charge in [-0.25, -0.2) is 9.78 Å². The van der Waals surface area contributed by atoms with Gasteiger partial charge in [-0.3, -0.25) is 0 Å². The number of piperidine rings is 1. The normalized spacial score (nSPS) is 14.4. The molecule has 0 spiro atoms. The Balaban J connectivity index is 1.06. The lowest BCUT2D eigenvalue weighted by molar-refractivity contribution is 0.0126. The van der Waals surface area contributed by atoms with Crippen LogP contribution in [-0.4, -0.2) is 49.9 Å². The molecule has 5 aromatic rings. The zero-order chi connectivity index (χ0) is 30.0. The van der Waals surface area contributed by atoms with E-state index in [-0.39, 0.29) is 12.2 Å². The van der Waals surface area contributed by atoms with Crippen molar-refractivity contribution in [2.75, 3.05) is 13.1 Å². The van der Waals surface area contributed by atoms with Gasteiger partial charge in [-0.1, -0.05) is 42.5 Å². The van der Waals surface area contributed by atoms with Crippen LogP contribution in [0.5, 0.6) is 5.75 Å². The number of fused-ring (bicyclic) bond motifs is 1. The van der Waals surface area contributed by atoms with E-state index in [1.807, 2.05) is 26.8 Å². The Morgan fingerprint density at radius 2 is 1.77 bits per heavy atom. The summed E-state index contributed by atoms with van der Waals surface area (Å²) in [6.45, 7) is 7.87. The Kier molecular flexibility index (Phi) is 8.30. The molecule has 1 amide bonds. The molecule has 6 rings (SSSR count). The number of carbonyl (C=O) groups excluding carboxylic acids is 1.